The molecule has 1 aliphatic heterocycles. The highest BCUT2D eigenvalue weighted by atomic mass is 16.7. The number of nitrogens with two attached hydrogens (primary N) is 1. The molecule has 0 bridgehead atoms. The zero-order chi connectivity index (χ0) is 24.5. The van der Waals surface area contributed by atoms with Crippen molar-refractivity contribution in [2.24, 2.45) is 5.73 Å². The van der Waals surface area contributed by atoms with E-state index in [1.165, 1.54) is 35.0 Å². The van der Waals surface area contributed by atoms with Crippen LogP contribution in [-0.2, 0) is 17.9 Å². The van der Waals surface area contributed by atoms with Gasteiger partial charge in [-0.3, -0.25) is 23.5 Å². The second-order valence-corrected chi connectivity index (χ2v) is 7.81. The average Bonchev–Trinajstić information content (AvgIpc) is 3.33. The summed E-state index contributed by atoms with van der Waals surface area (Å²) < 4.78 is 12.9. The van der Waals surface area contributed by atoms with Gasteiger partial charge in [0, 0.05) is 17.4 Å². The van der Waals surface area contributed by atoms with E-state index < -0.39 is 23.1 Å². The molecule has 1 aliphatic rings. The molecule has 0 saturated heterocycles. The number of ether oxygens (including phenoxy) is 2. The monoisotopic (exact) mass is 473 g/mol. The molecular formula is C24H19N5O6. The van der Waals surface area contributed by atoms with Gasteiger partial charge in [-0.15, -0.1) is 0 Å². The molecule has 176 valence electrons. The molecule has 0 radical (unpaired) electrons. The van der Waals surface area contributed by atoms with Gasteiger partial charge in [0.2, 0.25) is 18.6 Å². The third kappa shape index (κ3) is 4.22. The highest BCUT2D eigenvalue weighted by Gasteiger charge is 2.18. The molecule has 0 fully saturated rings. The minimum Gasteiger partial charge on any atom is -0.454 e. The molecule has 0 atom stereocenters. The molecule has 2 aromatic carbocycles. The highest BCUT2D eigenvalue weighted by Crippen LogP contribution is 2.32. The molecule has 0 unspecified atom stereocenters. The first-order valence-electron chi connectivity index (χ1n) is 10.6. The van der Waals surface area contributed by atoms with Crippen LogP contribution in [0.5, 0.6) is 11.5 Å². The molecule has 0 saturated carbocycles. The number of carbonyl (C=O) groups is 2. The Kier molecular flexibility index (Phi) is 5.49. The largest absolute Gasteiger partial charge is 0.454 e. The predicted molar refractivity (Wildman–Crippen MR) is 126 cm³/mol. The summed E-state index contributed by atoms with van der Waals surface area (Å²) in [5.74, 6) is 0.0196. The fourth-order valence-electron chi connectivity index (χ4n) is 3.82. The number of nitrogens with zero attached hydrogens (tertiary/aromatic N) is 3. The number of benzene rings is 2. The summed E-state index contributed by atoms with van der Waals surface area (Å²) in [6, 6.07) is 14.3. The Morgan fingerprint density at radius 3 is 2.54 bits per heavy atom. The molecule has 3 heterocycles. The molecule has 2 amide bonds. The number of carbonyl (C=O) groups excluding carboxylic acids is 2. The van der Waals surface area contributed by atoms with Crippen LogP contribution in [0.3, 0.4) is 0 Å². The fraction of sp³-hybridized carbons (Fsp3) is 0.125. The van der Waals surface area contributed by atoms with E-state index in [2.05, 4.69) is 10.3 Å². The van der Waals surface area contributed by atoms with Gasteiger partial charge in [0.25, 0.3) is 5.56 Å². The molecule has 35 heavy (non-hydrogen) atoms. The summed E-state index contributed by atoms with van der Waals surface area (Å²) in [4.78, 5) is 54.6. The van der Waals surface area contributed by atoms with Crippen LogP contribution in [0.25, 0.3) is 11.0 Å². The number of pyridine rings is 1. The zero-order valence-electron chi connectivity index (χ0n) is 18.3. The molecule has 11 nitrogen and oxygen atoms in total. The van der Waals surface area contributed by atoms with Gasteiger partial charge < -0.3 is 20.5 Å². The minimum absolute atomic E-state index is 0.0446. The van der Waals surface area contributed by atoms with Crippen molar-refractivity contribution >= 4 is 28.5 Å². The van der Waals surface area contributed by atoms with Crippen molar-refractivity contribution in [1.29, 1.82) is 0 Å². The lowest BCUT2D eigenvalue weighted by molar-refractivity contribution is -0.116. The van der Waals surface area contributed by atoms with Crippen LogP contribution in [-0.4, -0.2) is 32.7 Å². The number of fused-ring (bicyclic) bond motifs is 2. The Balaban J connectivity index is 1.49. The van der Waals surface area contributed by atoms with Gasteiger partial charge in [-0.05, 0) is 54.1 Å². The minimum atomic E-state index is -0.660. The quantitative estimate of drug-likeness (QED) is 0.426. The van der Waals surface area contributed by atoms with Crippen LogP contribution < -0.4 is 31.8 Å². The van der Waals surface area contributed by atoms with Crippen molar-refractivity contribution in [3.05, 3.63) is 92.8 Å². The Bertz CT molecular complexity index is 1590. The van der Waals surface area contributed by atoms with Gasteiger partial charge in [-0.2, -0.15) is 0 Å². The van der Waals surface area contributed by atoms with Gasteiger partial charge in [-0.1, -0.05) is 6.07 Å². The number of rotatable bonds is 6. The van der Waals surface area contributed by atoms with E-state index in [0.717, 1.165) is 4.57 Å². The predicted octanol–water partition coefficient (Wildman–Crippen LogP) is 1.07. The van der Waals surface area contributed by atoms with Crippen molar-refractivity contribution in [1.82, 2.24) is 14.1 Å². The fourth-order valence-corrected chi connectivity index (χ4v) is 3.82. The van der Waals surface area contributed by atoms with E-state index in [4.69, 9.17) is 15.2 Å². The maximum atomic E-state index is 13.4. The molecule has 2 aromatic heterocycles. The van der Waals surface area contributed by atoms with Gasteiger partial charge in [-0.25, -0.2) is 9.78 Å². The summed E-state index contributed by atoms with van der Waals surface area (Å²) in [7, 11) is 0. The van der Waals surface area contributed by atoms with Crippen molar-refractivity contribution in [3.63, 3.8) is 0 Å². The first kappa shape index (κ1) is 21.9. The van der Waals surface area contributed by atoms with Crippen LogP contribution in [0, 0.1) is 0 Å². The van der Waals surface area contributed by atoms with Crippen molar-refractivity contribution in [2.75, 3.05) is 12.1 Å². The van der Waals surface area contributed by atoms with Crippen LogP contribution in [0.1, 0.15) is 15.9 Å². The second kappa shape index (κ2) is 8.78. The topological polar surface area (TPSA) is 148 Å². The molecule has 0 aliphatic carbocycles. The Morgan fingerprint density at radius 1 is 1.00 bits per heavy atom. The van der Waals surface area contributed by atoms with E-state index in [9.17, 15) is 19.2 Å². The van der Waals surface area contributed by atoms with Crippen LogP contribution >= 0.6 is 0 Å². The number of hydrogen-bond acceptors (Lipinski definition) is 7. The van der Waals surface area contributed by atoms with E-state index in [1.54, 1.807) is 30.3 Å². The van der Waals surface area contributed by atoms with Gasteiger partial charge >= 0.3 is 5.69 Å². The van der Waals surface area contributed by atoms with E-state index >= 15 is 0 Å². The van der Waals surface area contributed by atoms with E-state index in [-0.39, 0.29) is 30.9 Å². The lowest BCUT2D eigenvalue weighted by Gasteiger charge is -2.14. The number of amides is 2. The lowest BCUT2D eigenvalue weighted by atomic mass is 10.2. The van der Waals surface area contributed by atoms with Crippen LogP contribution in [0.15, 0.2) is 70.4 Å². The molecule has 4 aromatic rings. The van der Waals surface area contributed by atoms with Crippen molar-refractivity contribution in [2.45, 2.75) is 13.1 Å². The Morgan fingerprint density at radius 2 is 1.77 bits per heavy atom. The van der Waals surface area contributed by atoms with Crippen molar-refractivity contribution < 1.29 is 19.1 Å². The second-order valence-electron chi connectivity index (χ2n) is 7.81. The SMILES string of the molecule is NC(=O)c1ccc(NC(=O)Cn2c(=O)n(Cc3ccc4c(c3)OCO4)c(=O)c3ncccc32)cc1. The Labute approximate surface area is 197 Å². The number of primary amides is 1. The third-order valence-electron chi connectivity index (χ3n) is 5.52. The molecular weight excluding hydrogens is 454 g/mol. The van der Waals surface area contributed by atoms with Crippen LogP contribution in [0.4, 0.5) is 5.69 Å². The first-order valence-corrected chi connectivity index (χ1v) is 10.6. The summed E-state index contributed by atoms with van der Waals surface area (Å²) in [6.45, 7) is -0.303. The number of hydrogen-bond donors (Lipinski definition) is 2. The summed E-state index contributed by atoms with van der Waals surface area (Å²) in [5, 5.41) is 2.67. The first-order chi connectivity index (χ1) is 16.9. The summed E-state index contributed by atoms with van der Waals surface area (Å²) >= 11 is 0. The average molecular weight is 473 g/mol. The number of aromatic nitrogens is 3. The lowest BCUT2D eigenvalue weighted by Crippen LogP contribution is -2.42. The van der Waals surface area contributed by atoms with Gasteiger partial charge in [0.15, 0.2) is 17.0 Å². The molecule has 0 spiro atoms. The standard InChI is InChI=1S/C24H19N5O6/c25-22(31)15-4-6-16(7-5-15)27-20(30)12-28-17-2-1-9-26-21(17)23(32)29(24(28)33)11-14-3-8-18-19(10-14)35-13-34-18/h1-10H,11-13H2,(H2,25,31)(H,27,30). The number of nitrogens with one attached hydrogen (secondary N) is 1. The highest BCUT2D eigenvalue weighted by molar-refractivity contribution is 5.95. The Hall–Kier alpha value is -4.93. The van der Waals surface area contributed by atoms with Crippen LogP contribution in [0.2, 0.25) is 0 Å². The van der Waals surface area contributed by atoms with Gasteiger partial charge in [0.05, 0.1) is 12.1 Å². The normalized spacial score (nSPS) is 12.0. The summed E-state index contributed by atoms with van der Waals surface area (Å²) in [5.41, 5.74) is 5.67. The number of anilines is 1. The van der Waals surface area contributed by atoms with E-state index in [0.29, 0.717) is 28.3 Å². The van der Waals surface area contributed by atoms with Gasteiger partial charge in [0.1, 0.15) is 6.54 Å². The molecule has 3 N–H and O–H groups in total. The molecule has 11 heteroatoms. The summed E-state index contributed by atoms with van der Waals surface area (Å²) in [6.07, 6.45) is 1.45. The molecule has 5 rings (SSSR count). The smallest absolute Gasteiger partial charge is 0.332 e. The third-order valence-corrected chi connectivity index (χ3v) is 5.52. The maximum absolute atomic E-state index is 13.4. The maximum Gasteiger partial charge on any atom is 0.332 e. The van der Waals surface area contributed by atoms with Crippen molar-refractivity contribution in [3.8, 4) is 11.5 Å². The van der Waals surface area contributed by atoms with E-state index in [1.807, 2.05) is 0 Å². The zero-order valence-corrected chi connectivity index (χ0v) is 18.3.